The van der Waals surface area contributed by atoms with Crippen molar-refractivity contribution in [3.05, 3.63) is 0 Å². The highest BCUT2D eigenvalue weighted by Crippen LogP contribution is 2.56. The van der Waals surface area contributed by atoms with Crippen LogP contribution in [-0.2, 0) is 0 Å². The molecule has 0 aromatic carbocycles. The Morgan fingerprint density at radius 1 is 1.00 bits per heavy atom. The van der Waals surface area contributed by atoms with Crippen LogP contribution >= 0.6 is 0 Å². The Kier molecular flexibility index (Phi) is 3.33. The molecule has 1 saturated heterocycles. The minimum absolute atomic E-state index is 0.167. The van der Waals surface area contributed by atoms with Crippen LogP contribution in [-0.4, -0.2) is 48.8 Å². The molecule has 0 spiro atoms. The van der Waals surface area contributed by atoms with E-state index >= 15 is 0 Å². The third kappa shape index (κ3) is 2.45. The molecule has 4 bridgehead atoms. The topological polar surface area (TPSA) is 35.5 Å². The molecule has 5 fully saturated rings. The largest absolute Gasteiger partial charge is 0.390 e. The SMILES string of the molecule is OC1CNCCN(CC2C3CC4CC(C3)CC2C4)C1. The van der Waals surface area contributed by atoms with Crippen molar-refractivity contribution < 1.29 is 5.11 Å². The van der Waals surface area contributed by atoms with Gasteiger partial charge in [0.15, 0.2) is 0 Å². The van der Waals surface area contributed by atoms with Crippen LogP contribution in [0, 0.1) is 29.6 Å². The van der Waals surface area contributed by atoms with Gasteiger partial charge in [0.05, 0.1) is 6.10 Å². The summed E-state index contributed by atoms with van der Waals surface area (Å²) < 4.78 is 0. The number of hydrogen-bond acceptors (Lipinski definition) is 3. The molecule has 2 N–H and O–H groups in total. The number of β-amino-alcohol motifs (C(OH)–C–C–N with tert-alkyl or cyclic N) is 1. The lowest BCUT2D eigenvalue weighted by molar-refractivity contribution is -0.0509. The van der Waals surface area contributed by atoms with Gasteiger partial charge >= 0.3 is 0 Å². The van der Waals surface area contributed by atoms with Gasteiger partial charge in [-0.25, -0.2) is 0 Å². The Morgan fingerprint density at radius 3 is 2.37 bits per heavy atom. The zero-order chi connectivity index (χ0) is 12.8. The number of nitrogens with zero attached hydrogens (tertiary/aromatic N) is 1. The molecule has 5 aliphatic rings. The first-order valence-electron chi connectivity index (χ1n) is 8.39. The van der Waals surface area contributed by atoms with Crippen LogP contribution in [0.25, 0.3) is 0 Å². The minimum Gasteiger partial charge on any atom is -0.390 e. The van der Waals surface area contributed by atoms with Crippen molar-refractivity contribution in [1.82, 2.24) is 10.2 Å². The lowest BCUT2D eigenvalue weighted by Crippen LogP contribution is -2.50. The van der Waals surface area contributed by atoms with Crippen LogP contribution in [0.3, 0.4) is 0 Å². The summed E-state index contributed by atoms with van der Waals surface area (Å²) in [6, 6.07) is 0. The minimum atomic E-state index is -0.167. The second kappa shape index (κ2) is 5.01. The highest BCUT2D eigenvalue weighted by atomic mass is 16.3. The van der Waals surface area contributed by atoms with Crippen molar-refractivity contribution >= 4 is 0 Å². The summed E-state index contributed by atoms with van der Waals surface area (Å²) in [4.78, 5) is 2.54. The Morgan fingerprint density at radius 2 is 1.68 bits per heavy atom. The molecule has 19 heavy (non-hydrogen) atoms. The second-order valence-corrected chi connectivity index (χ2v) is 7.71. The van der Waals surface area contributed by atoms with E-state index in [1.807, 2.05) is 0 Å². The Labute approximate surface area is 116 Å². The number of aliphatic hydroxyl groups is 1. The van der Waals surface area contributed by atoms with E-state index in [1.54, 1.807) is 6.42 Å². The first-order chi connectivity index (χ1) is 9.28. The van der Waals surface area contributed by atoms with Crippen molar-refractivity contribution in [1.29, 1.82) is 0 Å². The lowest BCUT2D eigenvalue weighted by atomic mass is 9.52. The molecule has 0 aromatic heterocycles. The van der Waals surface area contributed by atoms with Gasteiger partial charge in [0, 0.05) is 32.7 Å². The molecule has 1 atom stereocenters. The van der Waals surface area contributed by atoms with E-state index in [0.717, 1.165) is 55.8 Å². The van der Waals surface area contributed by atoms with Gasteiger partial charge in [-0.05, 0) is 61.7 Å². The Hall–Kier alpha value is -0.120. The number of rotatable bonds is 2. The summed E-state index contributed by atoms with van der Waals surface area (Å²) >= 11 is 0. The molecule has 108 valence electrons. The summed E-state index contributed by atoms with van der Waals surface area (Å²) in [5.74, 6) is 5.14. The van der Waals surface area contributed by atoms with Gasteiger partial charge in [-0.15, -0.1) is 0 Å². The van der Waals surface area contributed by atoms with E-state index in [4.69, 9.17) is 0 Å². The van der Waals surface area contributed by atoms with Gasteiger partial charge in [-0.3, -0.25) is 4.90 Å². The lowest BCUT2D eigenvalue weighted by Gasteiger charge is -2.55. The summed E-state index contributed by atoms with van der Waals surface area (Å²) in [6.45, 7) is 5.09. The van der Waals surface area contributed by atoms with E-state index in [1.165, 1.54) is 32.2 Å². The van der Waals surface area contributed by atoms with E-state index in [-0.39, 0.29) is 6.10 Å². The molecule has 0 radical (unpaired) electrons. The Bertz CT molecular complexity index is 305. The van der Waals surface area contributed by atoms with Crippen LogP contribution in [0.4, 0.5) is 0 Å². The Balaban J connectivity index is 1.42. The van der Waals surface area contributed by atoms with Crippen molar-refractivity contribution in [3.63, 3.8) is 0 Å². The normalized spacial score (nSPS) is 50.4. The summed E-state index contributed by atoms with van der Waals surface area (Å²) in [6.07, 6.45) is 7.46. The van der Waals surface area contributed by atoms with Crippen LogP contribution in [0.15, 0.2) is 0 Å². The fourth-order valence-corrected chi connectivity index (χ4v) is 5.76. The zero-order valence-electron chi connectivity index (χ0n) is 11.9. The maximum absolute atomic E-state index is 9.94. The molecular weight excluding hydrogens is 236 g/mol. The van der Waals surface area contributed by atoms with Crippen LogP contribution in [0.5, 0.6) is 0 Å². The molecule has 0 aromatic rings. The fraction of sp³-hybridized carbons (Fsp3) is 1.00. The maximum atomic E-state index is 9.94. The zero-order valence-corrected chi connectivity index (χ0v) is 11.9. The molecule has 1 unspecified atom stereocenters. The van der Waals surface area contributed by atoms with Crippen LogP contribution < -0.4 is 5.32 Å². The van der Waals surface area contributed by atoms with E-state index in [2.05, 4.69) is 10.2 Å². The number of nitrogens with one attached hydrogen (secondary N) is 1. The van der Waals surface area contributed by atoms with Crippen LogP contribution in [0.1, 0.15) is 32.1 Å². The monoisotopic (exact) mass is 264 g/mol. The fourth-order valence-electron chi connectivity index (χ4n) is 5.76. The molecule has 4 aliphatic carbocycles. The first kappa shape index (κ1) is 12.6. The highest BCUT2D eigenvalue weighted by Gasteiger charge is 2.48. The number of hydrogen-bond donors (Lipinski definition) is 2. The average molecular weight is 264 g/mol. The van der Waals surface area contributed by atoms with Gasteiger partial charge in [-0.2, -0.15) is 0 Å². The number of aliphatic hydroxyl groups excluding tert-OH is 1. The standard InChI is InChI=1S/C16H28N2O/c19-15-8-17-1-2-18(9-15)10-16-13-4-11-3-12(6-13)7-14(16)5-11/h11-17,19H,1-10H2. The van der Waals surface area contributed by atoms with Gasteiger partial charge in [0.1, 0.15) is 0 Å². The second-order valence-electron chi connectivity index (χ2n) is 7.71. The molecule has 3 heteroatoms. The maximum Gasteiger partial charge on any atom is 0.0791 e. The molecule has 1 heterocycles. The van der Waals surface area contributed by atoms with E-state index < -0.39 is 0 Å². The molecule has 4 saturated carbocycles. The van der Waals surface area contributed by atoms with Crippen LogP contribution in [0.2, 0.25) is 0 Å². The third-order valence-electron chi connectivity index (χ3n) is 6.34. The summed E-state index contributed by atoms with van der Waals surface area (Å²) in [5, 5.41) is 13.3. The first-order valence-corrected chi connectivity index (χ1v) is 8.39. The summed E-state index contributed by atoms with van der Waals surface area (Å²) in [7, 11) is 0. The predicted molar refractivity (Wildman–Crippen MR) is 75.9 cm³/mol. The van der Waals surface area contributed by atoms with Gasteiger partial charge in [0.2, 0.25) is 0 Å². The quantitative estimate of drug-likeness (QED) is 0.790. The predicted octanol–water partition coefficient (Wildman–Crippen LogP) is 1.32. The van der Waals surface area contributed by atoms with Crippen molar-refractivity contribution in [3.8, 4) is 0 Å². The average Bonchev–Trinajstić information content (AvgIpc) is 2.57. The van der Waals surface area contributed by atoms with E-state index in [0.29, 0.717) is 0 Å². The molecule has 5 rings (SSSR count). The molecule has 1 aliphatic heterocycles. The van der Waals surface area contributed by atoms with Gasteiger partial charge in [-0.1, -0.05) is 0 Å². The van der Waals surface area contributed by atoms with Crippen molar-refractivity contribution in [2.45, 2.75) is 38.2 Å². The van der Waals surface area contributed by atoms with Gasteiger partial charge in [0.25, 0.3) is 0 Å². The summed E-state index contributed by atoms with van der Waals surface area (Å²) in [5.41, 5.74) is 0. The molecular formula is C16H28N2O. The third-order valence-corrected chi connectivity index (χ3v) is 6.34. The highest BCUT2D eigenvalue weighted by molar-refractivity contribution is 4.99. The van der Waals surface area contributed by atoms with Crippen molar-refractivity contribution in [2.75, 3.05) is 32.7 Å². The molecule has 0 amide bonds. The van der Waals surface area contributed by atoms with Gasteiger partial charge < -0.3 is 10.4 Å². The van der Waals surface area contributed by atoms with Crippen molar-refractivity contribution in [2.24, 2.45) is 29.6 Å². The molecule has 3 nitrogen and oxygen atoms in total. The van der Waals surface area contributed by atoms with E-state index in [9.17, 15) is 5.11 Å². The smallest absolute Gasteiger partial charge is 0.0791 e.